The molecule has 10 heteroatoms. The Kier molecular flexibility index (Phi) is 35.9. The van der Waals surface area contributed by atoms with E-state index >= 15 is 0 Å². The van der Waals surface area contributed by atoms with Gasteiger partial charge in [0.2, 0.25) is 0 Å². The number of hydrogen-bond donors (Lipinski definition) is 3. The summed E-state index contributed by atoms with van der Waals surface area (Å²) in [6.07, 6.45) is 45.2. The summed E-state index contributed by atoms with van der Waals surface area (Å²) in [7, 11) is -4.79. The molecule has 2 atom stereocenters. The number of unbranched alkanes of at least 4 members (excludes halogenated alkanes) is 14. The zero-order chi connectivity index (χ0) is 39.1. The van der Waals surface area contributed by atoms with Gasteiger partial charge in [0.15, 0.2) is 6.10 Å². The molecular formula is C43H73O9P. The normalized spacial score (nSPS) is 13.8. The minimum atomic E-state index is -4.79. The molecule has 0 fully saturated rings. The van der Waals surface area contributed by atoms with Crippen LogP contribution in [0.25, 0.3) is 0 Å². The van der Waals surface area contributed by atoms with E-state index in [0.717, 1.165) is 38.5 Å². The standard InChI is InChI=1S/C43H73O9P/c1-3-5-7-9-11-12-13-14-15-16-17-21-24-28-32-36-42(45)50-38-41(39-51-53(47,48)49)52-43(46)37-33-29-25-22-19-18-20-23-27-31-35-40(44)34-30-26-10-8-6-4-2/h6,8,18-19,23,25-27,29-31,35,40-41,44H,3-5,7,9-17,20-22,24,28,32-34,36-39H2,1-2H3,(H2,47,48,49)/b8-6-,19-18-,27-23-,29-25-,30-26-,35-31+/t40?,41-/m1/s1. The summed E-state index contributed by atoms with van der Waals surface area (Å²) >= 11 is 0. The van der Waals surface area contributed by atoms with Crippen molar-refractivity contribution in [2.45, 2.75) is 174 Å². The van der Waals surface area contributed by atoms with Gasteiger partial charge in [0.25, 0.3) is 0 Å². The van der Waals surface area contributed by atoms with E-state index < -0.39 is 38.6 Å². The summed E-state index contributed by atoms with van der Waals surface area (Å²) in [5, 5.41) is 9.97. The maximum atomic E-state index is 12.4. The highest BCUT2D eigenvalue weighted by molar-refractivity contribution is 7.46. The topological polar surface area (TPSA) is 140 Å². The predicted octanol–water partition coefficient (Wildman–Crippen LogP) is 11.3. The number of rotatable bonds is 36. The zero-order valence-corrected chi connectivity index (χ0v) is 33.9. The second-order valence-electron chi connectivity index (χ2n) is 13.4. The van der Waals surface area contributed by atoms with Crippen LogP contribution in [0.3, 0.4) is 0 Å². The zero-order valence-electron chi connectivity index (χ0n) is 33.0. The van der Waals surface area contributed by atoms with E-state index in [4.69, 9.17) is 19.3 Å². The molecule has 0 aliphatic carbocycles. The van der Waals surface area contributed by atoms with Crippen molar-refractivity contribution in [3.05, 3.63) is 72.9 Å². The van der Waals surface area contributed by atoms with E-state index in [1.807, 2.05) is 48.6 Å². The van der Waals surface area contributed by atoms with E-state index in [1.54, 1.807) is 6.08 Å². The lowest BCUT2D eigenvalue weighted by Gasteiger charge is -2.18. The smallest absolute Gasteiger partial charge is 0.462 e. The minimum Gasteiger partial charge on any atom is -0.462 e. The first-order valence-corrected chi connectivity index (χ1v) is 21.9. The molecule has 0 rings (SSSR count). The highest BCUT2D eigenvalue weighted by atomic mass is 31.2. The Morgan fingerprint density at radius 3 is 1.72 bits per heavy atom. The van der Waals surface area contributed by atoms with E-state index in [2.05, 4.69) is 36.6 Å². The van der Waals surface area contributed by atoms with Crippen molar-refractivity contribution in [1.82, 2.24) is 0 Å². The summed E-state index contributed by atoms with van der Waals surface area (Å²) in [5.74, 6) is -1.01. The number of ether oxygens (including phenoxy) is 2. The molecule has 0 spiro atoms. The van der Waals surface area contributed by atoms with Gasteiger partial charge in [-0.25, -0.2) is 4.57 Å². The van der Waals surface area contributed by atoms with Crippen LogP contribution in [0.2, 0.25) is 0 Å². The van der Waals surface area contributed by atoms with Crippen LogP contribution in [0.4, 0.5) is 0 Å². The van der Waals surface area contributed by atoms with Crippen molar-refractivity contribution >= 4 is 19.8 Å². The molecular weight excluding hydrogens is 691 g/mol. The Hall–Kier alpha value is -2.55. The largest absolute Gasteiger partial charge is 0.469 e. The lowest BCUT2D eigenvalue weighted by molar-refractivity contribution is -0.161. The quantitative estimate of drug-likeness (QED) is 0.0187. The van der Waals surface area contributed by atoms with Crippen molar-refractivity contribution in [3.8, 4) is 0 Å². The fraction of sp³-hybridized carbons (Fsp3) is 0.674. The lowest BCUT2D eigenvalue weighted by atomic mass is 10.0. The number of hydrogen-bond acceptors (Lipinski definition) is 7. The number of carbonyl (C=O) groups excluding carboxylic acids is 2. The molecule has 0 bridgehead atoms. The van der Waals surface area contributed by atoms with E-state index in [-0.39, 0.29) is 19.4 Å². The van der Waals surface area contributed by atoms with Crippen LogP contribution in [0.15, 0.2) is 72.9 Å². The molecule has 0 saturated heterocycles. The number of aliphatic hydroxyl groups excluding tert-OH is 1. The van der Waals surface area contributed by atoms with Gasteiger partial charge in [0.05, 0.1) is 12.7 Å². The molecule has 0 aromatic heterocycles. The number of carbonyl (C=O) groups is 2. The Balaban J connectivity index is 4.14. The molecule has 3 N–H and O–H groups in total. The third-order valence-corrected chi connectivity index (χ3v) is 8.82. The molecule has 0 amide bonds. The first-order chi connectivity index (χ1) is 25.7. The van der Waals surface area contributed by atoms with Crippen LogP contribution < -0.4 is 0 Å². The van der Waals surface area contributed by atoms with Gasteiger partial charge in [-0.05, 0) is 44.9 Å². The number of phosphoric ester groups is 1. The number of esters is 2. The van der Waals surface area contributed by atoms with Crippen LogP contribution in [0, 0.1) is 0 Å². The first-order valence-electron chi connectivity index (χ1n) is 20.3. The van der Waals surface area contributed by atoms with Gasteiger partial charge < -0.3 is 24.4 Å². The molecule has 0 heterocycles. The van der Waals surface area contributed by atoms with Gasteiger partial charge in [-0.1, -0.05) is 177 Å². The Labute approximate surface area is 322 Å². The molecule has 0 aliphatic heterocycles. The van der Waals surface area contributed by atoms with Crippen LogP contribution in [0.5, 0.6) is 0 Å². The maximum Gasteiger partial charge on any atom is 0.469 e. The van der Waals surface area contributed by atoms with Crippen molar-refractivity contribution in [3.63, 3.8) is 0 Å². The van der Waals surface area contributed by atoms with Gasteiger partial charge >= 0.3 is 19.8 Å². The molecule has 0 aromatic carbocycles. The molecule has 9 nitrogen and oxygen atoms in total. The van der Waals surface area contributed by atoms with E-state index in [0.29, 0.717) is 25.7 Å². The lowest BCUT2D eigenvalue weighted by Crippen LogP contribution is -2.29. The molecule has 0 aromatic rings. The molecule has 304 valence electrons. The SMILES string of the molecule is CC/C=C\C/C=C\CC(O)/C=C/C=C\C/C=C\C/C=C\CCC(=O)O[C@H](COC(=O)CCCCCCCCCCCCCCCCC)COP(=O)(O)O. The Bertz CT molecular complexity index is 1100. The number of phosphoric acid groups is 1. The highest BCUT2D eigenvalue weighted by Crippen LogP contribution is 2.36. The summed E-state index contributed by atoms with van der Waals surface area (Å²) < 4.78 is 26.3. The van der Waals surface area contributed by atoms with E-state index in [1.165, 1.54) is 70.6 Å². The first kappa shape index (κ1) is 50.5. The van der Waals surface area contributed by atoms with Gasteiger partial charge in [-0.3, -0.25) is 14.1 Å². The molecule has 1 unspecified atom stereocenters. The van der Waals surface area contributed by atoms with Crippen LogP contribution >= 0.6 is 7.82 Å². The van der Waals surface area contributed by atoms with Crippen molar-refractivity contribution < 1.29 is 43.0 Å². The fourth-order valence-electron chi connectivity index (χ4n) is 5.31. The average Bonchev–Trinajstić information content (AvgIpc) is 3.12. The molecule has 53 heavy (non-hydrogen) atoms. The molecule has 0 aliphatic rings. The third-order valence-electron chi connectivity index (χ3n) is 8.33. The molecule has 0 saturated carbocycles. The fourth-order valence-corrected chi connectivity index (χ4v) is 5.67. The Morgan fingerprint density at radius 2 is 1.13 bits per heavy atom. The minimum absolute atomic E-state index is 0.0618. The number of allylic oxidation sites excluding steroid dienone is 10. The molecule has 0 radical (unpaired) electrons. The van der Waals surface area contributed by atoms with Gasteiger partial charge in [-0.15, -0.1) is 0 Å². The summed E-state index contributed by atoms with van der Waals surface area (Å²) in [5.41, 5.74) is 0. The van der Waals surface area contributed by atoms with Crippen LogP contribution in [0.1, 0.15) is 162 Å². The van der Waals surface area contributed by atoms with Gasteiger partial charge in [-0.2, -0.15) is 0 Å². The van der Waals surface area contributed by atoms with Crippen molar-refractivity contribution in [2.75, 3.05) is 13.2 Å². The van der Waals surface area contributed by atoms with E-state index in [9.17, 15) is 19.3 Å². The maximum absolute atomic E-state index is 12.4. The summed E-state index contributed by atoms with van der Waals surface area (Å²) in [6.45, 7) is 3.44. The van der Waals surface area contributed by atoms with Crippen molar-refractivity contribution in [2.24, 2.45) is 0 Å². The summed E-state index contributed by atoms with van der Waals surface area (Å²) in [6, 6.07) is 0. The summed E-state index contributed by atoms with van der Waals surface area (Å²) in [4.78, 5) is 42.8. The van der Waals surface area contributed by atoms with Crippen LogP contribution in [-0.4, -0.2) is 52.3 Å². The monoisotopic (exact) mass is 764 g/mol. The second kappa shape index (κ2) is 37.8. The van der Waals surface area contributed by atoms with Gasteiger partial charge in [0.1, 0.15) is 6.61 Å². The van der Waals surface area contributed by atoms with Crippen molar-refractivity contribution in [1.29, 1.82) is 0 Å². The highest BCUT2D eigenvalue weighted by Gasteiger charge is 2.22. The third kappa shape index (κ3) is 40.5. The predicted molar refractivity (Wildman–Crippen MR) is 217 cm³/mol. The van der Waals surface area contributed by atoms with Gasteiger partial charge in [0, 0.05) is 12.8 Å². The number of aliphatic hydroxyl groups is 1. The second-order valence-corrected chi connectivity index (χ2v) is 14.7. The van der Waals surface area contributed by atoms with Crippen LogP contribution in [-0.2, 0) is 28.2 Å². The Morgan fingerprint density at radius 1 is 0.604 bits per heavy atom. The average molecular weight is 765 g/mol.